The third-order valence-corrected chi connectivity index (χ3v) is 2.36. The van der Waals surface area contributed by atoms with Crippen molar-refractivity contribution in [3.05, 3.63) is 12.2 Å². The summed E-state index contributed by atoms with van der Waals surface area (Å²) in [6.07, 6.45) is 11.0. The van der Waals surface area contributed by atoms with E-state index in [9.17, 15) is 4.79 Å². The molecule has 1 fully saturated rings. The molecule has 1 rings (SSSR count). The molecule has 0 atom stereocenters. The minimum atomic E-state index is -0.154. The second-order valence-electron chi connectivity index (χ2n) is 3.63. The first kappa shape index (κ1) is 10.3. The molecule has 0 spiro atoms. The summed E-state index contributed by atoms with van der Waals surface area (Å²) >= 11 is 0. The fourth-order valence-electron chi connectivity index (χ4n) is 1.31. The van der Waals surface area contributed by atoms with Gasteiger partial charge in [0, 0.05) is 0 Å². The van der Waals surface area contributed by atoms with E-state index in [1.165, 1.54) is 32.8 Å². The number of ether oxygens (including phenoxy) is 1. The molecule has 0 saturated heterocycles. The molecule has 0 aromatic rings. The highest BCUT2D eigenvalue weighted by Crippen LogP contribution is 2.33. The number of esters is 1. The first-order chi connectivity index (χ1) is 6.33. The van der Waals surface area contributed by atoms with Crippen LogP contribution >= 0.6 is 0 Å². The van der Waals surface area contributed by atoms with Crippen LogP contribution in [0, 0.1) is 5.92 Å². The molecule has 74 valence electrons. The topological polar surface area (TPSA) is 26.3 Å². The molecule has 1 saturated carbocycles. The van der Waals surface area contributed by atoms with E-state index >= 15 is 0 Å². The Bertz CT molecular complexity index is 181. The number of unbranched alkanes of at least 4 members (excludes halogenated alkanes) is 1. The molecule has 0 heterocycles. The van der Waals surface area contributed by atoms with Crippen molar-refractivity contribution in [2.75, 3.05) is 7.11 Å². The molecular weight excluding hydrogens is 164 g/mol. The van der Waals surface area contributed by atoms with Crippen molar-refractivity contribution >= 4 is 5.97 Å². The fraction of sp³-hybridized carbons (Fsp3) is 0.727. The molecule has 0 unspecified atom stereocenters. The highest BCUT2D eigenvalue weighted by Gasteiger charge is 2.19. The Labute approximate surface area is 80.0 Å². The Balaban J connectivity index is 1.88. The molecule has 13 heavy (non-hydrogen) atoms. The van der Waals surface area contributed by atoms with Crippen LogP contribution < -0.4 is 0 Å². The molecule has 1 aliphatic rings. The lowest BCUT2D eigenvalue weighted by atomic mass is 10.1. The monoisotopic (exact) mass is 182 g/mol. The molecule has 2 heteroatoms. The summed E-state index contributed by atoms with van der Waals surface area (Å²) in [5.74, 6) is 0.868. The largest absolute Gasteiger partial charge is 0.469 e. The molecular formula is C11H18O2. The standard InChI is InChI=1S/C11H18O2/c1-13-11(12)7-5-3-2-4-6-10-8-9-10/h3,5,10H,2,4,6-9H2,1H3. The van der Waals surface area contributed by atoms with Gasteiger partial charge < -0.3 is 4.74 Å². The average Bonchev–Trinajstić information content (AvgIpc) is 2.94. The van der Waals surface area contributed by atoms with Crippen molar-refractivity contribution in [1.29, 1.82) is 0 Å². The molecule has 2 nitrogen and oxygen atoms in total. The zero-order chi connectivity index (χ0) is 9.52. The van der Waals surface area contributed by atoms with E-state index in [2.05, 4.69) is 10.8 Å². The van der Waals surface area contributed by atoms with E-state index in [0.717, 1.165) is 12.3 Å². The summed E-state index contributed by atoms with van der Waals surface area (Å²) in [6.45, 7) is 0. The van der Waals surface area contributed by atoms with Crippen molar-refractivity contribution in [3.8, 4) is 0 Å². The molecule has 0 radical (unpaired) electrons. The van der Waals surface area contributed by atoms with Crippen LogP contribution in [0.3, 0.4) is 0 Å². The number of rotatable bonds is 6. The van der Waals surface area contributed by atoms with Crippen molar-refractivity contribution in [3.63, 3.8) is 0 Å². The Morgan fingerprint density at radius 2 is 2.23 bits per heavy atom. The number of carbonyl (C=O) groups is 1. The van der Waals surface area contributed by atoms with Crippen LogP contribution in [0.2, 0.25) is 0 Å². The van der Waals surface area contributed by atoms with Gasteiger partial charge >= 0.3 is 5.97 Å². The smallest absolute Gasteiger partial charge is 0.309 e. The summed E-state index contributed by atoms with van der Waals surface area (Å²) < 4.78 is 4.51. The summed E-state index contributed by atoms with van der Waals surface area (Å²) in [7, 11) is 1.42. The quantitative estimate of drug-likeness (QED) is 0.358. The third kappa shape index (κ3) is 5.45. The Hall–Kier alpha value is -0.790. The van der Waals surface area contributed by atoms with Crippen LogP contribution in [-0.4, -0.2) is 13.1 Å². The third-order valence-electron chi connectivity index (χ3n) is 2.36. The van der Waals surface area contributed by atoms with E-state index in [1.54, 1.807) is 0 Å². The van der Waals surface area contributed by atoms with Crippen LogP contribution in [0.25, 0.3) is 0 Å². The van der Waals surface area contributed by atoms with E-state index in [0.29, 0.717) is 6.42 Å². The van der Waals surface area contributed by atoms with Gasteiger partial charge in [0.2, 0.25) is 0 Å². The lowest BCUT2D eigenvalue weighted by molar-refractivity contribution is -0.139. The predicted molar refractivity (Wildman–Crippen MR) is 52.3 cm³/mol. The molecule has 0 aliphatic heterocycles. The first-order valence-electron chi connectivity index (χ1n) is 5.04. The van der Waals surface area contributed by atoms with Crippen LogP contribution in [0.4, 0.5) is 0 Å². The highest BCUT2D eigenvalue weighted by atomic mass is 16.5. The normalized spacial score (nSPS) is 16.4. The predicted octanol–water partition coefficient (Wildman–Crippen LogP) is 2.69. The van der Waals surface area contributed by atoms with Gasteiger partial charge in [0.15, 0.2) is 0 Å². The second kappa shape index (κ2) is 5.79. The minimum absolute atomic E-state index is 0.154. The van der Waals surface area contributed by atoms with Gasteiger partial charge in [-0.05, 0) is 18.8 Å². The second-order valence-corrected chi connectivity index (χ2v) is 3.63. The van der Waals surface area contributed by atoms with Gasteiger partial charge in [-0.3, -0.25) is 4.79 Å². The lowest BCUT2D eigenvalue weighted by Gasteiger charge is -1.94. The van der Waals surface area contributed by atoms with Gasteiger partial charge in [-0.2, -0.15) is 0 Å². The van der Waals surface area contributed by atoms with Crippen molar-refractivity contribution in [1.82, 2.24) is 0 Å². The van der Waals surface area contributed by atoms with Gasteiger partial charge in [0.1, 0.15) is 0 Å². The summed E-state index contributed by atoms with van der Waals surface area (Å²) in [5, 5.41) is 0. The maximum atomic E-state index is 10.7. The number of hydrogen-bond acceptors (Lipinski definition) is 2. The maximum absolute atomic E-state index is 10.7. The van der Waals surface area contributed by atoms with Crippen LogP contribution in [0.5, 0.6) is 0 Å². The van der Waals surface area contributed by atoms with Crippen molar-refractivity contribution in [2.24, 2.45) is 5.92 Å². The van der Waals surface area contributed by atoms with E-state index < -0.39 is 0 Å². The fourth-order valence-corrected chi connectivity index (χ4v) is 1.31. The molecule has 0 bridgehead atoms. The van der Waals surface area contributed by atoms with Crippen molar-refractivity contribution in [2.45, 2.75) is 38.5 Å². The number of methoxy groups -OCH3 is 1. The molecule has 0 amide bonds. The van der Waals surface area contributed by atoms with Crippen LogP contribution in [-0.2, 0) is 9.53 Å². The van der Waals surface area contributed by atoms with Crippen LogP contribution in [0.1, 0.15) is 38.5 Å². The Morgan fingerprint density at radius 1 is 1.46 bits per heavy atom. The number of allylic oxidation sites excluding steroid dienone is 1. The number of hydrogen-bond donors (Lipinski definition) is 0. The number of carbonyl (C=O) groups excluding carboxylic acids is 1. The minimum Gasteiger partial charge on any atom is -0.469 e. The first-order valence-corrected chi connectivity index (χ1v) is 5.04. The average molecular weight is 182 g/mol. The zero-order valence-corrected chi connectivity index (χ0v) is 8.29. The zero-order valence-electron chi connectivity index (χ0n) is 8.29. The summed E-state index contributed by atoms with van der Waals surface area (Å²) in [5.41, 5.74) is 0. The maximum Gasteiger partial charge on any atom is 0.309 e. The van der Waals surface area contributed by atoms with E-state index in [4.69, 9.17) is 0 Å². The lowest BCUT2D eigenvalue weighted by Crippen LogP contribution is -1.96. The molecule has 0 N–H and O–H groups in total. The van der Waals surface area contributed by atoms with E-state index in [1.807, 2.05) is 6.08 Å². The summed E-state index contributed by atoms with van der Waals surface area (Å²) in [6, 6.07) is 0. The Morgan fingerprint density at radius 3 is 2.85 bits per heavy atom. The molecule has 0 aromatic carbocycles. The van der Waals surface area contributed by atoms with E-state index in [-0.39, 0.29) is 5.97 Å². The SMILES string of the molecule is COC(=O)CC=CCCCC1CC1. The van der Waals surface area contributed by atoms with Gasteiger partial charge in [0.05, 0.1) is 13.5 Å². The highest BCUT2D eigenvalue weighted by molar-refractivity contribution is 5.70. The van der Waals surface area contributed by atoms with Gasteiger partial charge in [-0.15, -0.1) is 0 Å². The summed E-state index contributed by atoms with van der Waals surface area (Å²) in [4.78, 5) is 10.7. The Kier molecular flexibility index (Phi) is 4.58. The van der Waals surface area contributed by atoms with Crippen molar-refractivity contribution < 1.29 is 9.53 Å². The van der Waals surface area contributed by atoms with Crippen LogP contribution in [0.15, 0.2) is 12.2 Å². The van der Waals surface area contributed by atoms with Gasteiger partial charge in [-0.25, -0.2) is 0 Å². The van der Waals surface area contributed by atoms with Gasteiger partial charge in [-0.1, -0.05) is 31.4 Å². The molecule has 0 aromatic heterocycles. The molecule has 1 aliphatic carbocycles. The van der Waals surface area contributed by atoms with Gasteiger partial charge in [0.25, 0.3) is 0 Å².